The summed E-state index contributed by atoms with van der Waals surface area (Å²) in [5.74, 6) is -3.45. The number of amides is 1. The maximum absolute atomic E-state index is 12.4. The maximum atomic E-state index is 12.4. The summed E-state index contributed by atoms with van der Waals surface area (Å²) < 4.78 is 16.3. The van der Waals surface area contributed by atoms with E-state index in [9.17, 15) is 44.2 Å². The summed E-state index contributed by atoms with van der Waals surface area (Å²) in [6.45, 7) is 6.36. The second-order valence-electron chi connectivity index (χ2n) is 9.55. The summed E-state index contributed by atoms with van der Waals surface area (Å²) in [7, 11) is 1.22. The van der Waals surface area contributed by atoms with Crippen LogP contribution in [0.3, 0.4) is 0 Å². The number of esters is 2. The van der Waals surface area contributed by atoms with Crippen LogP contribution < -0.4 is 15.0 Å². The number of anilines is 2. The van der Waals surface area contributed by atoms with Gasteiger partial charge in [0.25, 0.3) is 5.69 Å². The van der Waals surface area contributed by atoms with Crippen molar-refractivity contribution in [2.75, 3.05) is 17.3 Å². The smallest absolute Gasteiger partial charge is 0.315 e. The number of halogens is 1. The molecule has 0 aromatic heterocycles. The van der Waals surface area contributed by atoms with E-state index in [0.29, 0.717) is 6.07 Å². The van der Waals surface area contributed by atoms with Crippen LogP contribution in [0.2, 0.25) is 0 Å². The average molecular weight is 709 g/mol. The zero-order valence-corrected chi connectivity index (χ0v) is 27.0. The van der Waals surface area contributed by atoms with Crippen LogP contribution in [0, 0.1) is 20.2 Å². The molecule has 0 heterocycles. The minimum Gasteiger partial charge on any atom is -0.492 e. The molecule has 2 aromatic carbocycles. The Balaban J connectivity index is 2.76. The van der Waals surface area contributed by atoms with Gasteiger partial charge >= 0.3 is 17.6 Å². The molecule has 46 heavy (non-hydrogen) atoms. The second-order valence-corrected chi connectivity index (χ2v) is 10.4. The molecule has 246 valence electrons. The lowest BCUT2D eigenvalue weighted by molar-refractivity contribution is -0.393. The number of rotatable bonds is 15. The van der Waals surface area contributed by atoms with E-state index in [2.05, 4.69) is 31.5 Å². The quantitative estimate of drug-likeness (QED) is 0.0626. The van der Waals surface area contributed by atoms with Crippen molar-refractivity contribution in [3.05, 3.63) is 49.0 Å². The largest absolute Gasteiger partial charge is 0.492 e. The first-order valence-corrected chi connectivity index (χ1v) is 13.9. The molecule has 0 radical (unpaired) electrons. The monoisotopic (exact) mass is 708 g/mol. The number of non-ortho nitro benzene ring substituents is 1. The van der Waals surface area contributed by atoms with E-state index in [0.717, 1.165) is 6.07 Å². The lowest BCUT2D eigenvalue weighted by Crippen LogP contribution is -2.45. The molecule has 0 bridgehead atoms. The third kappa shape index (κ3) is 9.84. The average Bonchev–Trinajstić information content (AvgIpc) is 2.91. The number of ketones is 2. The fourth-order valence-electron chi connectivity index (χ4n) is 4.04. The van der Waals surface area contributed by atoms with Gasteiger partial charge in [-0.05, 0) is 55.8 Å². The van der Waals surface area contributed by atoms with Crippen molar-refractivity contribution in [2.24, 2.45) is 10.2 Å². The van der Waals surface area contributed by atoms with Gasteiger partial charge in [-0.3, -0.25) is 49.1 Å². The zero-order valence-electron chi connectivity index (χ0n) is 25.4. The van der Waals surface area contributed by atoms with E-state index in [4.69, 9.17) is 14.2 Å². The Morgan fingerprint density at radius 2 is 1.46 bits per heavy atom. The molecular weight excluding hydrogens is 680 g/mol. The lowest BCUT2D eigenvalue weighted by atomic mass is 10.1. The molecule has 1 N–H and O–H groups in total. The highest BCUT2D eigenvalue weighted by molar-refractivity contribution is 9.10. The maximum Gasteiger partial charge on any atom is 0.315 e. The molecule has 18 nitrogen and oxygen atoms in total. The van der Waals surface area contributed by atoms with Crippen molar-refractivity contribution in [3.8, 4) is 5.75 Å². The van der Waals surface area contributed by atoms with Crippen LogP contribution in [-0.4, -0.2) is 58.8 Å². The summed E-state index contributed by atoms with van der Waals surface area (Å²) in [6, 6.07) is 4.38. The summed E-state index contributed by atoms with van der Waals surface area (Å²) >= 11 is 3.04. The number of methoxy groups -OCH3 is 1. The summed E-state index contributed by atoms with van der Waals surface area (Å²) in [4.78, 5) is 82.3. The minimum absolute atomic E-state index is 0.0685. The van der Waals surface area contributed by atoms with E-state index >= 15 is 0 Å². The first kappa shape index (κ1) is 36.9. The molecule has 2 atom stereocenters. The second kappa shape index (κ2) is 16.1. The predicted octanol–water partition coefficient (Wildman–Crippen LogP) is 5.19. The zero-order chi connectivity index (χ0) is 34.9. The number of nitrogens with one attached hydrogen (secondary N) is 1. The molecule has 0 saturated heterocycles. The first-order chi connectivity index (χ1) is 21.5. The van der Waals surface area contributed by atoms with Gasteiger partial charge in [-0.2, -0.15) is 0 Å². The van der Waals surface area contributed by atoms with Gasteiger partial charge in [0.15, 0.2) is 23.9 Å². The van der Waals surface area contributed by atoms with Gasteiger partial charge < -0.3 is 19.5 Å². The van der Waals surface area contributed by atoms with Crippen LogP contribution in [-0.2, 0) is 33.4 Å². The molecule has 2 rings (SSSR count). The molecule has 2 unspecified atom stereocenters. The molecule has 0 fully saturated rings. The van der Waals surface area contributed by atoms with E-state index in [1.165, 1.54) is 58.8 Å². The van der Waals surface area contributed by atoms with Crippen LogP contribution in [0.25, 0.3) is 0 Å². The van der Waals surface area contributed by atoms with Crippen molar-refractivity contribution < 1.29 is 48.0 Å². The summed E-state index contributed by atoms with van der Waals surface area (Å²) in [6.07, 6.45) is -3.54. The SMILES string of the molecule is COc1c(N(C(C)OC(=O)CC(C)=O)C(C)OC(=O)CC(C)=O)ccc(N=Nc2c(Br)cc([N+](=O)[O-])cc2[N+](=O)[O-])c1NC(C)=O. The molecule has 19 heteroatoms. The number of hydrogen-bond donors (Lipinski definition) is 1. The van der Waals surface area contributed by atoms with Crippen molar-refractivity contribution in [3.63, 3.8) is 0 Å². The number of Topliss-reactive ketones (excluding diaryl/α,β-unsaturated/α-hetero) is 2. The van der Waals surface area contributed by atoms with Gasteiger partial charge in [0.2, 0.25) is 5.91 Å². The molecule has 0 spiro atoms. The molecule has 2 aromatic rings. The Morgan fingerprint density at radius 3 is 1.89 bits per heavy atom. The highest BCUT2D eigenvalue weighted by Crippen LogP contribution is 2.46. The number of ether oxygens (including phenoxy) is 3. The van der Waals surface area contributed by atoms with Crippen molar-refractivity contribution in [2.45, 2.75) is 59.9 Å². The Labute approximate surface area is 269 Å². The van der Waals surface area contributed by atoms with Crippen LogP contribution >= 0.6 is 15.9 Å². The lowest BCUT2D eigenvalue weighted by Gasteiger charge is -2.36. The number of hydrogen-bond acceptors (Lipinski definition) is 15. The Bertz CT molecular complexity index is 1580. The molecule has 0 saturated carbocycles. The van der Waals surface area contributed by atoms with Crippen molar-refractivity contribution in [1.29, 1.82) is 0 Å². The molecular formula is C27H29BrN6O12. The standard InChI is InChI=1S/C27H29BrN6O12/c1-13(35)9-23(38)45-16(4)32(17(5)46-24(39)10-14(2)36)21-8-7-20(26(27(21)44-6)29-15(3)37)30-31-25-19(28)11-18(33(40)41)12-22(25)34(42)43/h7-8,11-12,16-17H,9-10H2,1-6H3,(H,29,37). The molecule has 0 aliphatic carbocycles. The number of carbonyl (C=O) groups excluding carboxylic acids is 5. The fourth-order valence-corrected chi connectivity index (χ4v) is 4.56. The van der Waals surface area contributed by atoms with E-state index < -0.39 is 75.9 Å². The Morgan fingerprint density at radius 1 is 0.913 bits per heavy atom. The highest BCUT2D eigenvalue weighted by atomic mass is 79.9. The van der Waals surface area contributed by atoms with Gasteiger partial charge in [0, 0.05) is 13.0 Å². The van der Waals surface area contributed by atoms with Crippen LogP contribution in [0.5, 0.6) is 5.75 Å². The molecule has 1 amide bonds. The highest BCUT2D eigenvalue weighted by Gasteiger charge is 2.31. The van der Waals surface area contributed by atoms with E-state index in [1.54, 1.807) is 0 Å². The topological polar surface area (TPSA) is 239 Å². The third-order valence-corrected chi connectivity index (χ3v) is 6.37. The predicted molar refractivity (Wildman–Crippen MR) is 163 cm³/mol. The van der Waals surface area contributed by atoms with Crippen LogP contribution in [0.15, 0.2) is 39.0 Å². The molecule has 0 aliphatic heterocycles. The third-order valence-electron chi connectivity index (χ3n) is 5.77. The van der Waals surface area contributed by atoms with E-state index in [1.807, 2.05) is 0 Å². The summed E-state index contributed by atoms with van der Waals surface area (Å²) in [5, 5.41) is 33.3. The fraction of sp³-hybridized carbons (Fsp3) is 0.370. The van der Waals surface area contributed by atoms with Crippen molar-refractivity contribution >= 4 is 79.5 Å². The van der Waals surface area contributed by atoms with Gasteiger partial charge in [0.05, 0.1) is 33.2 Å². The number of nitro benzene ring substituents is 2. The number of benzene rings is 2. The molecule has 0 aliphatic rings. The van der Waals surface area contributed by atoms with Gasteiger partial charge in [0.1, 0.15) is 35.8 Å². The minimum atomic E-state index is -1.22. The normalized spacial score (nSPS) is 12.1. The Kier molecular flexibility index (Phi) is 12.9. The number of nitrogens with zero attached hydrogens (tertiary/aromatic N) is 5. The van der Waals surface area contributed by atoms with Gasteiger partial charge in [-0.1, -0.05) is 0 Å². The number of azo groups is 1. The van der Waals surface area contributed by atoms with E-state index in [-0.39, 0.29) is 33.0 Å². The summed E-state index contributed by atoms with van der Waals surface area (Å²) in [5.41, 5.74) is -1.82. The van der Waals surface area contributed by atoms with Crippen LogP contribution in [0.1, 0.15) is 47.5 Å². The van der Waals surface area contributed by atoms with Gasteiger partial charge in [-0.25, -0.2) is 0 Å². The Hall–Kier alpha value is -5.33. The van der Waals surface area contributed by atoms with Gasteiger partial charge in [-0.15, -0.1) is 10.2 Å². The van der Waals surface area contributed by atoms with Crippen LogP contribution in [0.4, 0.5) is 34.1 Å². The number of carbonyl (C=O) groups is 5. The van der Waals surface area contributed by atoms with Crippen molar-refractivity contribution in [1.82, 2.24) is 0 Å². The first-order valence-electron chi connectivity index (χ1n) is 13.2. The number of nitro groups is 2.